The lowest BCUT2D eigenvalue weighted by Crippen LogP contribution is -2.43. The third-order valence-electron chi connectivity index (χ3n) is 2.63. The van der Waals surface area contributed by atoms with E-state index in [1.165, 1.54) is 0 Å². The first kappa shape index (κ1) is 12.2. The maximum absolute atomic E-state index is 11.5. The Hall–Kier alpha value is 0.160. The molecule has 0 amide bonds. The molecule has 2 rings (SSSR count). The van der Waals surface area contributed by atoms with Crippen LogP contribution in [0.25, 0.3) is 0 Å². The van der Waals surface area contributed by atoms with Crippen LogP contribution >= 0.6 is 12.4 Å². The Morgan fingerprint density at radius 2 is 1.64 bits per heavy atom. The standard InChI is InChI=1S/C8H16N2O2S.ClH/c11-13(12,8-1-2-8)10-7-3-5-9-6-4-7;/h7-10H,1-6H2;1H. The van der Waals surface area contributed by atoms with Gasteiger partial charge in [0.15, 0.2) is 0 Å². The highest BCUT2D eigenvalue weighted by Crippen LogP contribution is 2.28. The summed E-state index contributed by atoms with van der Waals surface area (Å²) in [6, 6.07) is 0.173. The number of halogens is 1. The lowest BCUT2D eigenvalue weighted by atomic mass is 10.1. The van der Waals surface area contributed by atoms with Gasteiger partial charge in [-0.2, -0.15) is 0 Å². The third-order valence-corrected chi connectivity index (χ3v) is 4.64. The number of hydrogen-bond donors (Lipinski definition) is 2. The van der Waals surface area contributed by atoms with Gasteiger partial charge in [0.05, 0.1) is 5.25 Å². The van der Waals surface area contributed by atoms with E-state index < -0.39 is 10.0 Å². The predicted octanol–water partition coefficient (Wildman–Crippen LogP) is 0.242. The van der Waals surface area contributed by atoms with Crippen molar-refractivity contribution in [1.29, 1.82) is 0 Å². The maximum Gasteiger partial charge on any atom is 0.214 e. The molecule has 1 heterocycles. The molecule has 1 aliphatic carbocycles. The first-order valence-electron chi connectivity index (χ1n) is 4.90. The molecule has 2 fully saturated rings. The van der Waals surface area contributed by atoms with Crippen LogP contribution in [0, 0.1) is 0 Å². The highest BCUT2D eigenvalue weighted by Gasteiger charge is 2.36. The van der Waals surface area contributed by atoms with Gasteiger partial charge in [0.25, 0.3) is 0 Å². The average Bonchev–Trinajstić information content (AvgIpc) is 2.87. The van der Waals surface area contributed by atoms with Crippen LogP contribution in [0.5, 0.6) is 0 Å². The van der Waals surface area contributed by atoms with Gasteiger partial charge < -0.3 is 5.32 Å². The summed E-state index contributed by atoms with van der Waals surface area (Å²) in [6.07, 6.45) is 3.54. The molecule has 84 valence electrons. The van der Waals surface area contributed by atoms with E-state index in [2.05, 4.69) is 10.0 Å². The van der Waals surface area contributed by atoms with Crippen molar-refractivity contribution in [2.75, 3.05) is 13.1 Å². The Kier molecular flexibility index (Phi) is 4.18. The number of sulfonamides is 1. The SMILES string of the molecule is Cl.O=S(=O)(NC1CCNCC1)C1CC1. The van der Waals surface area contributed by atoms with E-state index in [9.17, 15) is 8.42 Å². The van der Waals surface area contributed by atoms with E-state index in [0.29, 0.717) is 0 Å². The Bertz CT molecular complexity index is 271. The van der Waals surface area contributed by atoms with Crippen molar-refractivity contribution >= 4 is 22.4 Å². The quantitative estimate of drug-likeness (QED) is 0.743. The molecule has 0 radical (unpaired) electrons. The molecule has 14 heavy (non-hydrogen) atoms. The molecule has 0 unspecified atom stereocenters. The van der Waals surface area contributed by atoms with Crippen LogP contribution in [0.15, 0.2) is 0 Å². The van der Waals surface area contributed by atoms with Crippen molar-refractivity contribution in [1.82, 2.24) is 10.0 Å². The van der Waals surface area contributed by atoms with E-state index in [1.807, 2.05) is 0 Å². The normalized spacial score (nSPS) is 24.3. The highest BCUT2D eigenvalue weighted by molar-refractivity contribution is 7.90. The van der Waals surface area contributed by atoms with Gasteiger partial charge in [-0.1, -0.05) is 0 Å². The van der Waals surface area contributed by atoms with E-state index in [-0.39, 0.29) is 23.7 Å². The molecular weight excluding hydrogens is 224 g/mol. The number of piperidine rings is 1. The van der Waals surface area contributed by atoms with Crippen molar-refractivity contribution in [3.05, 3.63) is 0 Å². The number of rotatable bonds is 3. The summed E-state index contributed by atoms with van der Waals surface area (Å²) in [5, 5.41) is 3.13. The van der Waals surface area contributed by atoms with Gasteiger partial charge in [-0.25, -0.2) is 13.1 Å². The molecule has 0 aromatic carbocycles. The van der Waals surface area contributed by atoms with Crippen LogP contribution in [0.2, 0.25) is 0 Å². The summed E-state index contributed by atoms with van der Waals surface area (Å²) in [5.74, 6) is 0. The minimum atomic E-state index is -2.96. The zero-order valence-electron chi connectivity index (χ0n) is 8.03. The molecule has 2 N–H and O–H groups in total. The van der Waals surface area contributed by atoms with Crippen LogP contribution in [-0.4, -0.2) is 32.8 Å². The molecule has 2 aliphatic rings. The lowest BCUT2D eigenvalue weighted by Gasteiger charge is -2.23. The molecule has 1 aliphatic heterocycles. The van der Waals surface area contributed by atoms with Crippen molar-refractivity contribution in [2.45, 2.75) is 37.0 Å². The smallest absolute Gasteiger partial charge is 0.214 e. The topological polar surface area (TPSA) is 58.2 Å². The summed E-state index contributed by atoms with van der Waals surface area (Å²) in [5.41, 5.74) is 0. The highest BCUT2D eigenvalue weighted by atomic mass is 35.5. The summed E-state index contributed by atoms with van der Waals surface area (Å²) >= 11 is 0. The second-order valence-corrected chi connectivity index (χ2v) is 5.88. The Morgan fingerprint density at radius 3 is 2.14 bits per heavy atom. The van der Waals surface area contributed by atoms with Crippen molar-refractivity contribution in [2.24, 2.45) is 0 Å². The molecule has 0 aromatic heterocycles. The summed E-state index contributed by atoms with van der Waals surface area (Å²) in [4.78, 5) is 0. The second kappa shape index (κ2) is 4.79. The minimum absolute atomic E-state index is 0. The van der Waals surface area contributed by atoms with E-state index in [4.69, 9.17) is 0 Å². The van der Waals surface area contributed by atoms with E-state index in [0.717, 1.165) is 38.8 Å². The maximum atomic E-state index is 11.5. The van der Waals surface area contributed by atoms with E-state index in [1.54, 1.807) is 0 Å². The number of hydrogen-bond acceptors (Lipinski definition) is 3. The fourth-order valence-electron chi connectivity index (χ4n) is 1.65. The Morgan fingerprint density at radius 1 is 1.07 bits per heavy atom. The number of nitrogens with one attached hydrogen (secondary N) is 2. The van der Waals surface area contributed by atoms with E-state index >= 15 is 0 Å². The summed E-state index contributed by atoms with van der Waals surface area (Å²) in [6.45, 7) is 1.86. The average molecular weight is 241 g/mol. The fraction of sp³-hybridized carbons (Fsp3) is 1.00. The second-order valence-electron chi connectivity index (χ2n) is 3.89. The van der Waals surface area contributed by atoms with Gasteiger partial charge in [-0.05, 0) is 38.8 Å². The molecule has 0 spiro atoms. The molecular formula is C8H17ClN2O2S. The molecule has 1 saturated carbocycles. The Labute approximate surface area is 91.3 Å². The summed E-state index contributed by atoms with van der Waals surface area (Å²) < 4.78 is 25.8. The molecule has 6 heteroatoms. The van der Waals surface area contributed by atoms with Crippen LogP contribution in [0.1, 0.15) is 25.7 Å². The molecule has 0 aromatic rings. The van der Waals surface area contributed by atoms with Crippen LogP contribution < -0.4 is 10.0 Å². The van der Waals surface area contributed by atoms with Gasteiger partial charge in [-0.3, -0.25) is 0 Å². The van der Waals surface area contributed by atoms with Gasteiger partial charge in [0.2, 0.25) is 10.0 Å². The van der Waals surface area contributed by atoms with Crippen LogP contribution in [-0.2, 0) is 10.0 Å². The lowest BCUT2D eigenvalue weighted by molar-refractivity contribution is 0.427. The predicted molar refractivity (Wildman–Crippen MR) is 58.2 cm³/mol. The van der Waals surface area contributed by atoms with Gasteiger partial charge >= 0.3 is 0 Å². The van der Waals surface area contributed by atoms with Gasteiger partial charge in [0.1, 0.15) is 0 Å². The summed E-state index contributed by atoms with van der Waals surface area (Å²) in [7, 11) is -2.96. The third kappa shape index (κ3) is 3.08. The van der Waals surface area contributed by atoms with Crippen molar-refractivity contribution in [3.63, 3.8) is 0 Å². The molecule has 1 saturated heterocycles. The Balaban J connectivity index is 0.000000980. The minimum Gasteiger partial charge on any atom is -0.317 e. The zero-order valence-corrected chi connectivity index (χ0v) is 9.66. The molecule has 0 bridgehead atoms. The zero-order chi connectivity index (χ0) is 9.31. The van der Waals surface area contributed by atoms with Gasteiger partial charge in [-0.15, -0.1) is 12.4 Å². The van der Waals surface area contributed by atoms with Gasteiger partial charge in [0, 0.05) is 6.04 Å². The monoisotopic (exact) mass is 240 g/mol. The van der Waals surface area contributed by atoms with Crippen molar-refractivity contribution in [3.8, 4) is 0 Å². The first-order valence-corrected chi connectivity index (χ1v) is 6.45. The van der Waals surface area contributed by atoms with Crippen molar-refractivity contribution < 1.29 is 8.42 Å². The van der Waals surface area contributed by atoms with Crippen LogP contribution in [0.4, 0.5) is 0 Å². The van der Waals surface area contributed by atoms with Crippen LogP contribution in [0.3, 0.4) is 0 Å². The molecule has 0 atom stereocenters. The first-order chi connectivity index (χ1) is 6.18. The molecule has 4 nitrogen and oxygen atoms in total. The fourth-order valence-corrected chi connectivity index (χ4v) is 3.30. The largest absolute Gasteiger partial charge is 0.317 e.